The molecule has 1 heterocycles. The highest BCUT2D eigenvalue weighted by Gasteiger charge is 2.05. The summed E-state index contributed by atoms with van der Waals surface area (Å²) in [5.74, 6) is -0.0371. The van der Waals surface area contributed by atoms with Crippen molar-refractivity contribution in [2.45, 2.75) is 6.54 Å². The van der Waals surface area contributed by atoms with E-state index < -0.39 is 0 Å². The second-order valence-electron chi connectivity index (χ2n) is 4.45. The molecule has 5 nitrogen and oxygen atoms in total. The number of carbonyl (C=O) groups is 1. The zero-order chi connectivity index (χ0) is 14.4. The first kappa shape index (κ1) is 14.8. The number of carbonyl (C=O) groups excluding carboxylic acids is 1. The Balaban J connectivity index is 1.82. The minimum atomic E-state index is -0.0371. The molecule has 0 aliphatic heterocycles. The highest BCUT2D eigenvalue weighted by atomic mass is 35.5. The number of hydrogen-bond donors (Lipinski definition) is 3. The van der Waals surface area contributed by atoms with Crippen LogP contribution < -0.4 is 10.6 Å². The van der Waals surface area contributed by atoms with Crippen LogP contribution in [0.5, 0.6) is 0 Å². The van der Waals surface area contributed by atoms with Crippen LogP contribution >= 0.6 is 11.6 Å². The SMILES string of the molecule is COCCNC(=O)CNCc1c[nH]c2cc(Cl)ccc12. The molecule has 0 fully saturated rings. The summed E-state index contributed by atoms with van der Waals surface area (Å²) in [4.78, 5) is 14.7. The van der Waals surface area contributed by atoms with E-state index in [0.29, 0.717) is 24.7 Å². The molecule has 6 heteroatoms. The van der Waals surface area contributed by atoms with Gasteiger partial charge in [0.25, 0.3) is 0 Å². The second kappa shape index (κ2) is 7.28. The topological polar surface area (TPSA) is 66.2 Å². The van der Waals surface area contributed by atoms with Crippen LogP contribution in [0.15, 0.2) is 24.4 Å². The number of aromatic nitrogens is 1. The lowest BCUT2D eigenvalue weighted by Crippen LogP contribution is -2.35. The molecule has 2 rings (SSSR count). The molecule has 20 heavy (non-hydrogen) atoms. The van der Waals surface area contributed by atoms with Crippen LogP contribution in [0.4, 0.5) is 0 Å². The minimum absolute atomic E-state index is 0.0371. The standard InChI is InChI=1S/C14H18ClN3O2/c1-20-5-4-17-14(19)9-16-7-10-8-18-13-6-11(15)2-3-12(10)13/h2-3,6,8,16,18H,4-5,7,9H2,1H3,(H,17,19). The van der Waals surface area contributed by atoms with Crippen molar-refractivity contribution in [1.82, 2.24) is 15.6 Å². The third-order valence-electron chi connectivity index (χ3n) is 2.96. The van der Waals surface area contributed by atoms with E-state index in [2.05, 4.69) is 15.6 Å². The van der Waals surface area contributed by atoms with Gasteiger partial charge in [0.05, 0.1) is 13.2 Å². The molecule has 0 atom stereocenters. The Morgan fingerprint density at radius 1 is 1.45 bits per heavy atom. The predicted molar refractivity (Wildman–Crippen MR) is 79.9 cm³/mol. The number of rotatable bonds is 7. The normalized spacial score (nSPS) is 10.9. The van der Waals surface area contributed by atoms with Gasteiger partial charge in [-0.05, 0) is 17.7 Å². The predicted octanol–water partition coefficient (Wildman–Crippen LogP) is 1.67. The molecule has 0 spiro atoms. The van der Waals surface area contributed by atoms with E-state index in [4.69, 9.17) is 16.3 Å². The summed E-state index contributed by atoms with van der Waals surface area (Å²) in [6.45, 7) is 1.96. The van der Waals surface area contributed by atoms with Gasteiger partial charge in [-0.1, -0.05) is 17.7 Å². The van der Waals surface area contributed by atoms with Gasteiger partial charge in [0, 0.05) is 42.3 Å². The van der Waals surface area contributed by atoms with E-state index in [-0.39, 0.29) is 12.5 Å². The molecule has 0 bridgehead atoms. The highest BCUT2D eigenvalue weighted by Crippen LogP contribution is 2.21. The molecule has 0 aliphatic rings. The third-order valence-corrected chi connectivity index (χ3v) is 3.19. The van der Waals surface area contributed by atoms with Crippen LogP contribution in [0.2, 0.25) is 5.02 Å². The number of fused-ring (bicyclic) bond motifs is 1. The third kappa shape index (κ3) is 3.96. The fraction of sp³-hybridized carbons (Fsp3) is 0.357. The van der Waals surface area contributed by atoms with Crippen molar-refractivity contribution in [3.8, 4) is 0 Å². The monoisotopic (exact) mass is 295 g/mol. The zero-order valence-electron chi connectivity index (χ0n) is 11.3. The van der Waals surface area contributed by atoms with Crippen molar-refractivity contribution >= 4 is 28.4 Å². The Labute approximate surface area is 122 Å². The number of methoxy groups -OCH3 is 1. The average Bonchev–Trinajstić information content (AvgIpc) is 2.81. The van der Waals surface area contributed by atoms with Gasteiger partial charge in [-0.25, -0.2) is 0 Å². The van der Waals surface area contributed by atoms with Gasteiger partial charge in [0.1, 0.15) is 0 Å². The molecule has 1 aromatic carbocycles. The average molecular weight is 296 g/mol. The summed E-state index contributed by atoms with van der Waals surface area (Å²) in [6.07, 6.45) is 1.93. The number of hydrogen-bond acceptors (Lipinski definition) is 3. The van der Waals surface area contributed by atoms with Crippen molar-refractivity contribution in [1.29, 1.82) is 0 Å². The highest BCUT2D eigenvalue weighted by molar-refractivity contribution is 6.31. The summed E-state index contributed by atoms with van der Waals surface area (Å²) >= 11 is 5.94. The number of H-pyrrole nitrogens is 1. The Morgan fingerprint density at radius 2 is 2.30 bits per heavy atom. The van der Waals surface area contributed by atoms with Crippen LogP contribution in [0, 0.1) is 0 Å². The Morgan fingerprint density at radius 3 is 3.10 bits per heavy atom. The first-order valence-electron chi connectivity index (χ1n) is 6.42. The van der Waals surface area contributed by atoms with Crippen LogP contribution in [0.25, 0.3) is 10.9 Å². The lowest BCUT2D eigenvalue weighted by Gasteiger charge is -2.06. The Kier molecular flexibility index (Phi) is 5.40. The summed E-state index contributed by atoms with van der Waals surface area (Å²) in [7, 11) is 1.60. The van der Waals surface area contributed by atoms with E-state index in [9.17, 15) is 4.79 Å². The number of halogens is 1. The lowest BCUT2D eigenvalue weighted by atomic mass is 10.2. The van der Waals surface area contributed by atoms with Gasteiger partial charge in [-0.15, -0.1) is 0 Å². The van der Waals surface area contributed by atoms with Gasteiger partial charge >= 0.3 is 0 Å². The first-order chi connectivity index (χ1) is 9.70. The minimum Gasteiger partial charge on any atom is -0.383 e. The number of ether oxygens (including phenoxy) is 1. The summed E-state index contributed by atoms with van der Waals surface area (Å²) < 4.78 is 4.86. The Hall–Kier alpha value is -1.56. The molecule has 1 aromatic heterocycles. The van der Waals surface area contributed by atoms with Crippen LogP contribution in [0.1, 0.15) is 5.56 Å². The maximum Gasteiger partial charge on any atom is 0.234 e. The number of amides is 1. The number of nitrogens with one attached hydrogen (secondary N) is 3. The smallest absolute Gasteiger partial charge is 0.234 e. The number of aromatic amines is 1. The van der Waals surface area contributed by atoms with Crippen LogP contribution in [-0.4, -0.2) is 37.7 Å². The Bertz CT molecular complexity index is 583. The largest absolute Gasteiger partial charge is 0.383 e. The van der Waals surface area contributed by atoms with Gasteiger partial charge < -0.3 is 20.4 Å². The van der Waals surface area contributed by atoms with E-state index in [1.165, 1.54) is 0 Å². The zero-order valence-corrected chi connectivity index (χ0v) is 12.1. The van der Waals surface area contributed by atoms with Crippen molar-refractivity contribution in [3.05, 3.63) is 35.0 Å². The van der Waals surface area contributed by atoms with E-state index >= 15 is 0 Å². The van der Waals surface area contributed by atoms with Gasteiger partial charge in [-0.2, -0.15) is 0 Å². The van der Waals surface area contributed by atoms with E-state index in [1.807, 2.05) is 24.4 Å². The van der Waals surface area contributed by atoms with Gasteiger partial charge in [0.2, 0.25) is 5.91 Å². The lowest BCUT2D eigenvalue weighted by molar-refractivity contribution is -0.120. The second-order valence-corrected chi connectivity index (χ2v) is 4.89. The molecule has 0 saturated carbocycles. The van der Waals surface area contributed by atoms with Crippen molar-refractivity contribution in [2.24, 2.45) is 0 Å². The number of benzene rings is 1. The molecule has 3 N–H and O–H groups in total. The maximum absolute atomic E-state index is 11.5. The van der Waals surface area contributed by atoms with Crippen LogP contribution in [0.3, 0.4) is 0 Å². The molecule has 0 unspecified atom stereocenters. The van der Waals surface area contributed by atoms with Gasteiger partial charge in [0.15, 0.2) is 0 Å². The molecule has 2 aromatic rings. The molecule has 0 saturated heterocycles. The molecule has 1 amide bonds. The van der Waals surface area contributed by atoms with Gasteiger partial charge in [-0.3, -0.25) is 4.79 Å². The van der Waals surface area contributed by atoms with E-state index in [0.717, 1.165) is 16.5 Å². The molecule has 0 radical (unpaired) electrons. The quantitative estimate of drug-likeness (QED) is 0.681. The van der Waals surface area contributed by atoms with E-state index in [1.54, 1.807) is 7.11 Å². The fourth-order valence-corrected chi connectivity index (χ4v) is 2.14. The molecule has 0 aliphatic carbocycles. The summed E-state index contributed by atoms with van der Waals surface area (Å²) in [5, 5.41) is 7.69. The summed E-state index contributed by atoms with van der Waals surface area (Å²) in [6, 6.07) is 5.72. The van der Waals surface area contributed by atoms with Crippen molar-refractivity contribution in [3.63, 3.8) is 0 Å². The van der Waals surface area contributed by atoms with Crippen molar-refractivity contribution in [2.75, 3.05) is 26.8 Å². The molecular formula is C14H18ClN3O2. The first-order valence-corrected chi connectivity index (χ1v) is 6.80. The maximum atomic E-state index is 11.5. The molecule has 108 valence electrons. The summed E-state index contributed by atoms with van der Waals surface area (Å²) in [5.41, 5.74) is 2.11. The van der Waals surface area contributed by atoms with Crippen LogP contribution in [-0.2, 0) is 16.1 Å². The fourth-order valence-electron chi connectivity index (χ4n) is 1.97. The van der Waals surface area contributed by atoms with Crippen molar-refractivity contribution < 1.29 is 9.53 Å². The molecular weight excluding hydrogens is 278 g/mol.